The molecule has 0 spiro atoms. The summed E-state index contributed by atoms with van der Waals surface area (Å²) in [5.74, 6) is 1.32. The quantitative estimate of drug-likeness (QED) is 0.380. The molecule has 0 aliphatic rings. The molecule has 2 heterocycles. The lowest BCUT2D eigenvalue weighted by atomic mass is 10.1. The summed E-state index contributed by atoms with van der Waals surface area (Å²) in [6, 6.07) is 17.6. The van der Waals surface area contributed by atoms with Crippen molar-refractivity contribution in [1.29, 1.82) is 0 Å². The van der Waals surface area contributed by atoms with Gasteiger partial charge in [-0.2, -0.15) is 0 Å². The Kier molecular flexibility index (Phi) is 5.38. The number of benzene rings is 2. The molecule has 0 bridgehead atoms. The number of nitrogens with zero attached hydrogens (tertiary/aromatic N) is 2. The molecule has 2 aromatic carbocycles. The van der Waals surface area contributed by atoms with Gasteiger partial charge in [0.25, 0.3) is 0 Å². The Balaban J connectivity index is 1.38. The smallest absolute Gasteiger partial charge is 0.221 e. The van der Waals surface area contributed by atoms with Gasteiger partial charge in [-0.25, -0.2) is 9.97 Å². The van der Waals surface area contributed by atoms with Gasteiger partial charge >= 0.3 is 0 Å². The average molecular weight is 386 g/mol. The van der Waals surface area contributed by atoms with Gasteiger partial charge < -0.3 is 20.9 Å². The number of rotatable bonds is 7. The normalized spacial score (nSPS) is 10.7. The van der Waals surface area contributed by atoms with Crippen LogP contribution < -0.4 is 16.0 Å². The van der Waals surface area contributed by atoms with Crippen molar-refractivity contribution in [3.05, 3.63) is 72.7 Å². The number of para-hydroxylation sites is 1. The van der Waals surface area contributed by atoms with Gasteiger partial charge in [0.05, 0.1) is 0 Å². The van der Waals surface area contributed by atoms with E-state index >= 15 is 0 Å². The van der Waals surface area contributed by atoms with E-state index in [1.54, 1.807) is 0 Å². The fraction of sp³-hybridized carbons (Fsp3) is 0.136. The zero-order valence-corrected chi connectivity index (χ0v) is 16.1. The summed E-state index contributed by atoms with van der Waals surface area (Å²) in [7, 11) is 0. The largest absolute Gasteiger partial charge is 0.370 e. The van der Waals surface area contributed by atoms with Gasteiger partial charge in [-0.3, -0.25) is 4.79 Å². The molecular weight excluding hydrogens is 364 g/mol. The highest BCUT2D eigenvalue weighted by Crippen LogP contribution is 2.21. The van der Waals surface area contributed by atoms with Gasteiger partial charge in [0.2, 0.25) is 5.91 Å². The fourth-order valence-electron chi connectivity index (χ4n) is 3.21. The Labute approximate surface area is 168 Å². The molecule has 0 saturated heterocycles. The van der Waals surface area contributed by atoms with Crippen LogP contribution in [0.3, 0.4) is 0 Å². The molecule has 0 saturated carbocycles. The van der Waals surface area contributed by atoms with Crippen LogP contribution in [0.1, 0.15) is 12.5 Å². The number of amides is 1. The van der Waals surface area contributed by atoms with Crippen LogP contribution in [0.2, 0.25) is 0 Å². The summed E-state index contributed by atoms with van der Waals surface area (Å²) >= 11 is 0. The monoisotopic (exact) mass is 386 g/mol. The Hall–Kier alpha value is -3.87. The van der Waals surface area contributed by atoms with Gasteiger partial charge in [-0.15, -0.1) is 0 Å². The first-order valence-electron chi connectivity index (χ1n) is 9.43. The molecule has 2 aromatic heterocycles. The van der Waals surface area contributed by atoms with Gasteiger partial charge in [0.15, 0.2) is 0 Å². The first-order chi connectivity index (χ1) is 14.2. The second kappa shape index (κ2) is 8.43. The van der Waals surface area contributed by atoms with Crippen LogP contribution in [0, 0.1) is 0 Å². The SMILES string of the molecule is CC(=O)Nc1cccc(Nc2cc(NCCc3c[nH]c4ccccc34)ncn2)c1. The third kappa shape index (κ3) is 4.70. The van der Waals surface area contributed by atoms with Crippen LogP contribution in [0.15, 0.2) is 67.1 Å². The molecule has 0 aliphatic heterocycles. The average Bonchev–Trinajstić information content (AvgIpc) is 3.11. The molecule has 4 aromatic rings. The summed E-state index contributed by atoms with van der Waals surface area (Å²) < 4.78 is 0. The number of hydrogen-bond donors (Lipinski definition) is 4. The van der Waals surface area contributed by atoms with Gasteiger partial charge in [0.1, 0.15) is 18.0 Å². The van der Waals surface area contributed by atoms with E-state index in [4.69, 9.17) is 0 Å². The van der Waals surface area contributed by atoms with Crippen molar-refractivity contribution < 1.29 is 4.79 Å². The lowest BCUT2D eigenvalue weighted by Gasteiger charge is -2.10. The molecule has 29 heavy (non-hydrogen) atoms. The molecule has 146 valence electrons. The highest BCUT2D eigenvalue weighted by molar-refractivity contribution is 5.89. The third-order valence-corrected chi connectivity index (χ3v) is 4.50. The highest BCUT2D eigenvalue weighted by Gasteiger charge is 2.04. The summed E-state index contributed by atoms with van der Waals surface area (Å²) in [5.41, 5.74) is 3.99. The molecule has 7 heteroatoms. The first kappa shape index (κ1) is 18.5. The Morgan fingerprint density at radius 3 is 2.72 bits per heavy atom. The van der Waals surface area contributed by atoms with Crippen molar-refractivity contribution in [3.8, 4) is 0 Å². The van der Waals surface area contributed by atoms with Crippen molar-refractivity contribution in [1.82, 2.24) is 15.0 Å². The van der Waals surface area contributed by atoms with Crippen molar-refractivity contribution in [2.75, 3.05) is 22.5 Å². The number of aromatic nitrogens is 3. The standard InChI is InChI=1S/C22H22N6O/c1-15(29)27-17-5-4-6-18(11-17)28-22-12-21(25-14-26-22)23-10-9-16-13-24-20-8-3-2-7-19(16)20/h2-8,11-14,24H,9-10H2,1H3,(H,27,29)(H2,23,25,26,28). The Morgan fingerprint density at radius 2 is 1.83 bits per heavy atom. The maximum atomic E-state index is 11.2. The summed E-state index contributed by atoms with van der Waals surface area (Å²) in [6.07, 6.45) is 4.46. The van der Waals surface area contributed by atoms with Crippen LogP contribution in [0.5, 0.6) is 0 Å². The molecule has 7 nitrogen and oxygen atoms in total. The molecule has 4 N–H and O–H groups in total. The van der Waals surface area contributed by atoms with Crippen molar-refractivity contribution in [2.24, 2.45) is 0 Å². The van der Waals surface area contributed by atoms with Crippen LogP contribution in [-0.2, 0) is 11.2 Å². The van der Waals surface area contributed by atoms with E-state index in [0.29, 0.717) is 5.82 Å². The summed E-state index contributed by atoms with van der Waals surface area (Å²) in [5, 5.41) is 10.6. The first-order valence-corrected chi connectivity index (χ1v) is 9.43. The minimum atomic E-state index is -0.106. The zero-order chi connectivity index (χ0) is 20.1. The molecular formula is C22H22N6O. The van der Waals surface area contributed by atoms with E-state index in [-0.39, 0.29) is 5.91 Å². The van der Waals surface area contributed by atoms with Crippen LogP contribution in [0.4, 0.5) is 23.0 Å². The second-order valence-electron chi connectivity index (χ2n) is 6.71. The topological polar surface area (TPSA) is 94.7 Å². The maximum absolute atomic E-state index is 11.2. The van der Waals surface area contributed by atoms with Crippen LogP contribution >= 0.6 is 0 Å². The minimum Gasteiger partial charge on any atom is -0.370 e. The number of anilines is 4. The maximum Gasteiger partial charge on any atom is 0.221 e. The Morgan fingerprint density at radius 1 is 1.00 bits per heavy atom. The predicted molar refractivity (Wildman–Crippen MR) is 117 cm³/mol. The number of aromatic amines is 1. The minimum absolute atomic E-state index is 0.106. The molecule has 1 amide bonds. The third-order valence-electron chi connectivity index (χ3n) is 4.50. The zero-order valence-electron chi connectivity index (χ0n) is 16.1. The van der Waals surface area contributed by atoms with E-state index in [9.17, 15) is 4.79 Å². The molecule has 0 atom stereocenters. The number of carbonyl (C=O) groups is 1. The van der Waals surface area contributed by atoms with Crippen LogP contribution in [-0.4, -0.2) is 27.4 Å². The number of H-pyrrole nitrogens is 1. The lowest BCUT2D eigenvalue weighted by molar-refractivity contribution is -0.114. The number of nitrogens with one attached hydrogen (secondary N) is 4. The predicted octanol–water partition coefficient (Wildman–Crippen LogP) is 4.31. The highest BCUT2D eigenvalue weighted by atomic mass is 16.1. The van der Waals surface area contributed by atoms with Gasteiger partial charge in [0, 0.05) is 48.0 Å². The lowest BCUT2D eigenvalue weighted by Crippen LogP contribution is -2.07. The molecule has 0 radical (unpaired) electrons. The van der Waals surface area contributed by atoms with Crippen molar-refractivity contribution in [3.63, 3.8) is 0 Å². The number of hydrogen-bond acceptors (Lipinski definition) is 5. The van der Waals surface area contributed by atoms with Gasteiger partial charge in [-0.05, 0) is 36.2 Å². The fourth-order valence-corrected chi connectivity index (χ4v) is 3.21. The van der Waals surface area contributed by atoms with E-state index in [1.807, 2.05) is 36.4 Å². The molecule has 4 rings (SSSR count). The van der Waals surface area contributed by atoms with E-state index < -0.39 is 0 Å². The molecule has 0 aliphatic carbocycles. The molecule has 0 unspecified atom stereocenters. The number of fused-ring (bicyclic) bond motifs is 1. The van der Waals surface area contributed by atoms with Crippen molar-refractivity contribution >= 4 is 39.8 Å². The second-order valence-corrected chi connectivity index (χ2v) is 6.71. The van der Waals surface area contributed by atoms with E-state index in [0.717, 1.165) is 35.7 Å². The molecule has 0 fully saturated rings. The Bertz CT molecular complexity index is 1140. The van der Waals surface area contributed by atoms with Crippen LogP contribution in [0.25, 0.3) is 10.9 Å². The summed E-state index contributed by atoms with van der Waals surface area (Å²) in [6.45, 7) is 2.25. The van der Waals surface area contributed by atoms with Gasteiger partial charge in [-0.1, -0.05) is 24.3 Å². The van der Waals surface area contributed by atoms with E-state index in [2.05, 4.69) is 55.3 Å². The van der Waals surface area contributed by atoms with E-state index in [1.165, 1.54) is 24.2 Å². The van der Waals surface area contributed by atoms with Crippen molar-refractivity contribution in [2.45, 2.75) is 13.3 Å². The summed E-state index contributed by atoms with van der Waals surface area (Å²) in [4.78, 5) is 23.1. The number of carbonyl (C=O) groups excluding carboxylic acids is 1.